The van der Waals surface area contributed by atoms with Crippen LogP contribution in [-0.4, -0.2) is 4.57 Å². The van der Waals surface area contributed by atoms with Gasteiger partial charge in [0.05, 0.1) is 11.0 Å². The van der Waals surface area contributed by atoms with E-state index in [4.69, 9.17) is 0 Å². The van der Waals surface area contributed by atoms with Gasteiger partial charge in [0.2, 0.25) is 0 Å². The van der Waals surface area contributed by atoms with Gasteiger partial charge in [-0.1, -0.05) is 152 Å². The number of hydrogen-bond acceptors (Lipinski definition) is 2. The van der Waals surface area contributed by atoms with Crippen LogP contribution in [0.15, 0.2) is 231 Å². The zero-order valence-electron chi connectivity index (χ0n) is 34.2. The van der Waals surface area contributed by atoms with Gasteiger partial charge in [0.1, 0.15) is 0 Å². The van der Waals surface area contributed by atoms with E-state index < -0.39 is 0 Å². The molecule has 3 heteroatoms. The van der Waals surface area contributed by atoms with Gasteiger partial charge in [0, 0.05) is 53.7 Å². The number of fused-ring (bicyclic) bond motifs is 12. The SMILES string of the molecule is c1ccc(-c2ccc(N(c3ccc(-c4ccc5c(c4)c4ccccc4n5-c4ccc5c6ccccc6c6ccccc6c5c4)cc3)c3ccc4sc5ccccc5c4c3)cc2)cc1. The molecule has 0 amide bonds. The van der Waals surface area contributed by atoms with Crippen LogP contribution in [-0.2, 0) is 0 Å². The smallest absolute Gasteiger partial charge is 0.0541 e. The van der Waals surface area contributed by atoms with Crippen LogP contribution in [0.1, 0.15) is 0 Å². The largest absolute Gasteiger partial charge is 0.310 e. The summed E-state index contributed by atoms with van der Waals surface area (Å²) < 4.78 is 5.05. The first-order valence-corrected chi connectivity index (χ1v) is 22.4. The maximum atomic E-state index is 2.44. The Bertz CT molecular complexity index is 3860. The van der Waals surface area contributed by atoms with Crippen molar-refractivity contribution >= 4 is 103 Å². The fourth-order valence-electron chi connectivity index (χ4n) is 10.0. The quantitative estimate of drug-likeness (QED) is 0.152. The Kier molecular flexibility index (Phi) is 8.12. The van der Waals surface area contributed by atoms with Gasteiger partial charge >= 0.3 is 0 Å². The first-order chi connectivity index (χ1) is 31.2. The van der Waals surface area contributed by atoms with Crippen LogP contribution in [0.5, 0.6) is 0 Å². The molecule has 11 aromatic carbocycles. The molecule has 2 aromatic heterocycles. The molecule has 0 fully saturated rings. The number of hydrogen-bond donors (Lipinski definition) is 0. The third-order valence-electron chi connectivity index (χ3n) is 13.0. The molecule has 0 N–H and O–H groups in total. The average molecular weight is 819 g/mol. The van der Waals surface area contributed by atoms with Gasteiger partial charge in [0.15, 0.2) is 0 Å². The van der Waals surface area contributed by atoms with Gasteiger partial charge in [0.25, 0.3) is 0 Å². The minimum absolute atomic E-state index is 1.11. The molecule has 2 heterocycles. The molecule has 63 heavy (non-hydrogen) atoms. The second kappa shape index (κ2) is 14.3. The Morgan fingerprint density at radius 2 is 0.762 bits per heavy atom. The molecule has 294 valence electrons. The van der Waals surface area contributed by atoms with Crippen molar-refractivity contribution in [3.8, 4) is 27.9 Å². The van der Waals surface area contributed by atoms with Crippen molar-refractivity contribution in [3.63, 3.8) is 0 Å². The van der Waals surface area contributed by atoms with Crippen LogP contribution in [0.3, 0.4) is 0 Å². The number of nitrogens with zero attached hydrogens (tertiary/aromatic N) is 2. The Morgan fingerprint density at radius 3 is 1.46 bits per heavy atom. The van der Waals surface area contributed by atoms with Crippen molar-refractivity contribution in [2.24, 2.45) is 0 Å². The van der Waals surface area contributed by atoms with E-state index in [1.54, 1.807) is 0 Å². The summed E-state index contributed by atoms with van der Waals surface area (Å²) in [4.78, 5) is 2.39. The number of para-hydroxylation sites is 1. The molecule has 13 rings (SSSR count). The minimum atomic E-state index is 1.11. The lowest BCUT2D eigenvalue weighted by molar-refractivity contribution is 1.19. The van der Waals surface area contributed by atoms with Crippen molar-refractivity contribution in [2.75, 3.05) is 4.90 Å². The normalized spacial score (nSPS) is 11.8. The lowest BCUT2D eigenvalue weighted by atomic mass is 9.94. The molecule has 0 atom stereocenters. The maximum absolute atomic E-state index is 2.44. The minimum Gasteiger partial charge on any atom is -0.310 e. The van der Waals surface area contributed by atoms with Gasteiger partial charge in [-0.2, -0.15) is 0 Å². The molecule has 0 aliphatic heterocycles. The third-order valence-corrected chi connectivity index (χ3v) is 14.1. The predicted octanol–water partition coefficient (Wildman–Crippen LogP) is 17.4. The highest BCUT2D eigenvalue weighted by Gasteiger charge is 2.18. The van der Waals surface area contributed by atoms with Crippen molar-refractivity contribution in [2.45, 2.75) is 0 Å². The van der Waals surface area contributed by atoms with E-state index in [2.05, 4.69) is 240 Å². The summed E-state index contributed by atoms with van der Waals surface area (Å²) in [5, 5.41) is 12.8. The van der Waals surface area contributed by atoms with Gasteiger partial charge < -0.3 is 9.47 Å². The molecule has 13 aromatic rings. The fourth-order valence-corrected chi connectivity index (χ4v) is 11.1. The molecular formula is C60H38N2S. The van der Waals surface area contributed by atoms with Crippen LogP contribution >= 0.6 is 11.3 Å². The Morgan fingerprint density at radius 1 is 0.270 bits per heavy atom. The number of rotatable bonds is 6. The number of anilines is 3. The van der Waals surface area contributed by atoms with E-state index in [9.17, 15) is 0 Å². The van der Waals surface area contributed by atoms with E-state index in [0.717, 1.165) is 22.7 Å². The molecule has 0 aliphatic carbocycles. The van der Waals surface area contributed by atoms with Crippen molar-refractivity contribution in [3.05, 3.63) is 231 Å². The third kappa shape index (κ3) is 5.78. The predicted molar refractivity (Wildman–Crippen MR) is 272 cm³/mol. The van der Waals surface area contributed by atoms with Crippen molar-refractivity contribution < 1.29 is 0 Å². The number of thiophene rings is 1. The van der Waals surface area contributed by atoms with Crippen LogP contribution in [0.4, 0.5) is 17.1 Å². The highest BCUT2D eigenvalue weighted by Crippen LogP contribution is 2.43. The molecule has 0 aliphatic rings. The monoisotopic (exact) mass is 818 g/mol. The lowest BCUT2D eigenvalue weighted by Gasteiger charge is -2.26. The topological polar surface area (TPSA) is 8.17 Å². The molecule has 0 spiro atoms. The first kappa shape index (κ1) is 35.7. The zero-order valence-corrected chi connectivity index (χ0v) is 35.1. The van der Waals surface area contributed by atoms with Gasteiger partial charge in [-0.25, -0.2) is 0 Å². The molecular weight excluding hydrogens is 781 g/mol. The van der Waals surface area contributed by atoms with Crippen LogP contribution < -0.4 is 4.90 Å². The molecule has 0 unspecified atom stereocenters. The first-order valence-electron chi connectivity index (χ1n) is 21.6. The standard InChI is InChI=1S/C60H38N2S/c1-2-12-39(13-3-1)40-22-27-43(28-23-40)61(45-32-35-60-56(38-45)53-19-9-11-21-59(53)63-60)44-29-24-41(25-30-44)42-26-34-58-55(36-42)52-18-8-10-20-57(52)62(58)46-31-33-51-49-16-5-4-14-47(49)48-15-6-7-17-50(48)54(51)37-46/h1-38H. The summed E-state index contributed by atoms with van der Waals surface area (Å²) in [6, 6.07) is 84.7. The summed E-state index contributed by atoms with van der Waals surface area (Å²) in [5.74, 6) is 0. The van der Waals surface area contributed by atoms with Crippen LogP contribution in [0, 0.1) is 0 Å². The number of benzene rings is 11. The molecule has 2 nitrogen and oxygen atoms in total. The second-order valence-corrected chi connectivity index (χ2v) is 17.6. The molecule has 0 saturated heterocycles. The summed E-state index contributed by atoms with van der Waals surface area (Å²) in [6.07, 6.45) is 0. The van der Waals surface area contributed by atoms with E-state index in [1.807, 2.05) is 11.3 Å². The average Bonchev–Trinajstić information content (AvgIpc) is 3.90. The molecule has 0 saturated carbocycles. The summed E-state index contributed by atoms with van der Waals surface area (Å²) >= 11 is 1.85. The highest BCUT2D eigenvalue weighted by atomic mass is 32.1. The Balaban J connectivity index is 0.917. The van der Waals surface area contributed by atoms with Crippen molar-refractivity contribution in [1.82, 2.24) is 4.57 Å². The van der Waals surface area contributed by atoms with E-state index in [1.165, 1.54) is 96.5 Å². The van der Waals surface area contributed by atoms with Gasteiger partial charge in [-0.05, 0) is 133 Å². The summed E-state index contributed by atoms with van der Waals surface area (Å²) in [5.41, 5.74) is 11.7. The second-order valence-electron chi connectivity index (χ2n) is 16.5. The van der Waals surface area contributed by atoms with Crippen LogP contribution in [0.25, 0.3) is 102 Å². The Labute approximate surface area is 368 Å². The van der Waals surface area contributed by atoms with Gasteiger partial charge in [-0.15, -0.1) is 11.3 Å². The van der Waals surface area contributed by atoms with Crippen LogP contribution in [0.2, 0.25) is 0 Å². The molecule has 0 bridgehead atoms. The highest BCUT2D eigenvalue weighted by molar-refractivity contribution is 7.25. The zero-order chi connectivity index (χ0) is 41.4. The van der Waals surface area contributed by atoms with E-state index >= 15 is 0 Å². The fraction of sp³-hybridized carbons (Fsp3) is 0. The Hall–Kier alpha value is -7.98. The summed E-state index contributed by atoms with van der Waals surface area (Å²) in [6.45, 7) is 0. The lowest BCUT2D eigenvalue weighted by Crippen LogP contribution is -2.09. The molecule has 0 radical (unpaired) electrons. The van der Waals surface area contributed by atoms with E-state index in [0.29, 0.717) is 0 Å². The van der Waals surface area contributed by atoms with E-state index in [-0.39, 0.29) is 0 Å². The number of aromatic nitrogens is 1. The van der Waals surface area contributed by atoms with Crippen molar-refractivity contribution in [1.29, 1.82) is 0 Å². The van der Waals surface area contributed by atoms with Gasteiger partial charge in [-0.3, -0.25) is 0 Å². The summed E-state index contributed by atoms with van der Waals surface area (Å²) in [7, 11) is 0. The maximum Gasteiger partial charge on any atom is 0.0541 e.